The Morgan fingerprint density at radius 3 is 1.88 bits per heavy atom. The molecule has 8 nitrogen and oxygen atoms in total. The van der Waals surface area contributed by atoms with Gasteiger partial charge in [-0.15, -0.1) is 0 Å². The van der Waals surface area contributed by atoms with Gasteiger partial charge in [-0.05, 0) is 5.56 Å². The van der Waals surface area contributed by atoms with E-state index < -0.39 is 29.4 Å². The average Bonchev–Trinajstić information content (AvgIpc) is 2.92. The van der Waals surface area contributed by atoms with Gasteiger partial charge in [0.05, 0.1) is 12.6 Å². The molecule has 0 bridgehead atoms. The monoisotopic (exact) mass is 351 g/mol. The van der Waals surface area contributed by atoms with Crippen LogP contribution in [0.3, 0.4) is 0 Å². The number of aliphatic hydroxyl groups is 1. The maximum atomic E-state index is 12.7. The van der Waals surface area contributed by atoms with Gasteiger partial charge in [0.15, 0.2) is 11.5 Å². The van der Waals surface area contributed by atoms with Gasteiger partial charge in [-0.25, -0.2) is 9.97 Å². The second-order valence-electron chi connectivity index (χ2n) is 5.85. The third kappa shape index (κ3) is 2.20. The Morgan fingerprint density at radius 2 is 1.38 bits per heavy atom. The molecule has 130 valence electrons. The Morgan fingerprint density at radius 1 is 0.885 bits per heavy atom. The topological polar surface area (TPSA) is 124 Å². The number of nitrogens with zero attached hydrogens (tertiary/aromatic N) is 3. The Kier molecular flexibility index (Phi) is 3.55. The molecule has 4 rings (SSSR count). The van der Waals surface area contributed by atoms with E-state index in [2.05, 4.69) is 9.97 Å². The van der Waals surface area contributed by atoms with E-state index in [1.807, 2.05) is 0 Å². The van der Waals surface area contributed by atoms with Gasteiger partial charge < -0.3 is 15.3 Å². The van der Waals surface area contributed by atoms with Crippen molar-refractivity contribution >= 4 is 22.8 Å². The van der Waals surface area contributed by atoms with Crippen molar-refractivity contribution in [3.63, 3.8) is 0 Å². The average molecular weight is 351 g/mol. The van der Waals surface area contributed by atoms with Crippen molar-refractivity contribution in [1.29, 1.82) is 0 Å². The van der Waals surface area contributed by atoms with Gasteiger partial charge >= 0.3 is 0 Å². The number of phenols is 2. The number of carbonyl (C=O) groups is 2. The lowest BCUT2D eigenvalue weighted by Crippen LogP contribution is -2.33. The highest BCUT2D eigenvalue weighted by atomic mass is 16.3. The summed E-state index contributed by atoms with van der Waals surface area (Å²) in [5.41, 5.74) is -0.279. The quantitative estimate of drug-likeness (QED) is 0.481. The van der Waals surface area contributed by atoms with Crippen molar-refractivity contribution in [2.75, 3.05) is 6.54 Å². The lowest BCUT2D eigenvalue weighted by Gasteiger charge is -2.18. The molecule has 2 amide bonds. The van der Waals surface area contributed by atoms with Crippen LogP contribution in [0.4, 0.5) is 0 Å². The summed E-state index contributed by atoms with van der Waals surface area (Å²) in [6, 6.07) is 8.56. The number of carbonyl (C=O) groups excluding carboxylic acids is 2. The first-order valence-electron chi connectivity index (χ1n) is 7.78. The number of benzene rings is 2. The fourth-order valence-electron chi connectivity index (χ4n) is 3.06. The van der Waals surface area contributed by atoms with Crippen molar-refractivity contribution in [3.8, 4) is 11.5 Å². The molecule has 0 saturated heterocycles. The molecule has 2 aromatic carbocycles. The van der Waals surface area contributed by atoms with Crippen LogP contribution in [0.15, 0.2) is 42.7 Å². The van der Waals surface area contributed by atoms with Crippen LogP contribution in [0, 0.1) is 0 Å². The van der Waals surface area contributed by atoms with E-state index in [1.165, 1.54) is 12.4 Å². The first kappa shape index (κ1) is 16.0. The van der Waals surface area contributed by atoms with Crippen molar-refractivity contribution in [3.05, 3.63) is 59.4 Å². The molecule has 0 saturated carbocycles. The van der Waals surface area contributed by atoms with Gasteiger partial charge in [-0.1, -0.05) is 30.3 Å². The van der Waals surface area contributed by atoms with Crippen LogP contribution in [-0.4, -0.2) is 48.5 Å². The number of imide groups is 1. The smallest absolute Gasteiger partial charge is 0.265 e. The maximum Gasteiger partial charge on any atom is 0.265 e. The highest BCUT2D eigenvalue weighted by Crippen LogP contribution is 2.42. The van der Waals surface area contributed by atoms with Crippen molar-refractivity contribution in [1.82, 2.24) is 14.9 Å². The minimum absolute atomic E-state index is 0.0737. The standard InChI is InChI=1S/C18H13N3O5/c22-10(9-4-2-1-3-5-9)8-21-17(25)11-12(18(21)26)16(24)14-13(15(11)23)19-6-7-20-14/h1-7,10,22-24H,8H2. The molecule has 3 N–H and O–H groups in total. The second-order valence-corrected chi connectivity index (χ2v) is 5.85. The molecular weight excluding hydrogens is 338 g/mol. The van der Waals surface area contributed by atoms with E-state index >= 15 is 0 Å². The molecule has 26 heavy (non-hydrogen) atoms. The number of fused-ring (bicyclic) bond motifs is 2. The van der Waals surface area contributed by atoms with E-state index in [0.29, 0.717) is 5.56 Å². The summed E-state index contributed by atoms with van der Waals surface area (Å²) in [5.74, 6) is -2.65. The number of aromatic hydroxyl groups is 2. The van der Waals surface area contributed by atoms with Gasteiger partial charge in [-0.2, -0.15) is 0 Å². The lowest BCUT2D eigenvalue weighted by atomic mass is 10.1. The van der Waals surface area contributed by atoms with Gasteiger partial charge in [0.2, 0.25) is 0 Å². The SMILES string of the molecule is O=C1c2c(c(O)c3nccnc3c2O)C(=O)N1CC(O)c1ccccc1. The molecule has 8 heteroatoms. The van der Waals surface area contributed by atoms with Crippen molar-refractivity contribution in [2.24, 2.45) is 0 Å². The van der Waals surface area contributed by atoms with Crippen molar-refractivity contribution in [2.45, 2.75) is 6.10 Å². The minimum Gasteiger partial charge on any atom is -0.505 e. The third-order valence-corrected chi connectivity index (χ3v) is 4.33. The number of hydrogen-bond donors (Lipinski definition) is 3. The molecule has 1 aliphatic rings. The molecule has 3 aromatic rings. The largest absolute Gasteiger partial charge is 0.505 e. The Balaban J connectivity index is 1.78. The van der Waals surface area contributed by atoms with Crippen LogP contribution in [0.5, 0.6) is 11.5 Å². The first-order chi connectivity index (χ1) is 12.5. The molecule has 0 fully saturated rings. The molecule has 1 atom stereocenters. The number of rotatable bonds is 3. The predicted octanol–water partition coefficient (Wildman–Crippen LogP) is 1.37. The number of aromatic nitrogens is 2. The van der Waals surface area contributed by atoms with E-state index in [4.69, 9.17) is 0 Å². The zero-order chi connectivity index (χ0) is 18.4. The number of aliphatic hydroxyl groups excluding tert-OH is 1. The van der Waals surface area contributed by atoms with E-state index in [1.54, 1.807) is 30.3 Å². The highest BCUT2D eigenvalue weighted by molar-refractivity contribution is 6.26. The summed E-state index contributed by atoms with van der Waals surface area (Å²) in [4.78, 5) is 33.9. The molecule has 1 aliphatic heterocycles. The van der Waals surface area contributed by atoms with E-state index in [-0.39, 0.29) is 28.7 Å². The second kappa shape index (κ2) is 5.78. The van der Waals surface area contributed by atoms with E-state index in [9.17, 15) is 24.9 Å². The van der Waals surface area contributed by atoms with Crippen LogP contribution >= 0.6 is 0 Å². The van der Waals surface area contributed by atoms with E-state index in [0.717, 1.165) is 4.90 Å². The van der Waals surface area contributed by atoms with Crippen LogP contribution in [0.1, 0.15) is 32.4 Å². The van der Waals surface area contributed by atoms with Gasteiger partial charge in [0, 0.05) is 12.4 Å². The molecule has 1 unspecified atom stereocenters. The van der Waals surface area contributed by atoms with Gasteiger partial charge in [0.25, 0.3) is 11.8 Å². The molecule has 2 heterocycles. The summed E-state index contributed by atoms with van der Waals surface area (Å²) < 4.78 is 0. The van der Waals surface area contributed by atoms with Gasteiger partial charge in [-0.3, -0.25) is 14.5 Å². The van der Waals surface area contributed by atoms with Gasteiger partial charge in [0.1, 0.15) is 22.2 Å². The lowest BCUT2D eigenvalue weighted by molar-refractivity contribution is 0.0542. The van der Waals surface area contributed by atoms with Crippen LogP contribution in [0.25, 0.3) is 11.0 Å². The Bertz CT molecular complexity index is 991. The number of β-amino-alcohol motifs (C(OH)–C–C–N with tert-alkyl or cyclic N) is 1. The third-order valence-electron chi connectivity index (χ3n) is 4.33. The predicted molar refractivity (Wildman–Crippen MR) is 89.6 cm³/mol. The minimum atomic E-state index is -1.10. The zero-order valence-electron chi connectivity index (χ0n) is 13.3. The maximum absolute atomic E-state index is 12.7. The fourth-order valence-corrected chi connectivity index (χ4v) is 3.06. The van der Waals surface area contributed by atoms with Crippen LogP contribution < -0.4 is 0 Å². The molecule has 0 radical (unpaired) electrons. The summed E-state index contributed by atoms with van der Waals surface area (Å²) in [7, 11) is 0. The molecule has 0 spiro atoms. The molecule has 1 aromatic heterocycles. The van der Waals surface area contributed by atoms with Crippen LogP contribution in [-0.2, 0) is 0 Å². The number of phenolic OH excluding ortho intramolecular Hbond substituents is 2. The summed E-state index contributed by atoms with van der Waals surface area (Å²) in [6.07, 6.45) is 1.49. The zero-order valence-corrected chi connectivity index (χ0v) is 13.3. The summed E-state index contributed by atoms with van der Waals surface area (Å²) in [6.45, 7) is -0.313. The fraction of sp³-hybridized carbons (Fsp3) is 0.111. The first-order valence-corrected chi connectivity index (χ1v) is 7.78. The summed E-state index contributed by atoms with van der Waals surface area (Å²) in [5, 5.41) is 31.1. The van der Waals surface area contributed by atoms with Crippen LogP contribution in [0.2, 0.25) is 0 Å². The van der Waals surface area contributed by atoms with Crippen molar-refractivity contribution < 1.29 is 24.9 Å². The molecule has 0 aliphatic carbocycles. The highest BCUT2D eigenvalue weighted by Gasteiger charge is 2.43. The molecular formula is C18H13N3O5. The Hall–Kier alpha value is -3.52. The Labute approximate surface area is 147 Å². The normalized spacial score (nSPS) is 14.7. The number of hydrogen-bond acceptors (Lipinski definition) is 7. The number of amides is 2. The summed E-state index contributed by atoms with van der Waals surface area (Å²) >= 11 is 0.